The van der Waals surface area contributed by atoms with E-state index < -0.39 is 0 Å². The molecule has 1 aliphatic carbocycles. The van der Waals surface area contributed by atoms with Crippen LogP contribution in [0.3, 0.4) is 0 Å². The Hall–Kier alpha value is -1.62. The Morgan fingerprint density at radius 1 is 1.37 bits per heavy atom. The second kappa shape index (κ2) is 5.17. The summed E-state index contributed by atoms with van der Waals surface area (Å²) in [6.07, 6.45) is 2.23. The first-order chi connectivity index (χ1) is 9.22. The Labute approximate surface area is 116 Å². The third-order valence-electron chi connectivity index (χ3n) is 2.96. The SMILES string of the molecule is Cc1nc(SCC(=O)NC2CC2)c2ccccc2n1. The highest BCUT2D eigenvalue weighted by atomic mass is 32.2. The number of hydrogen-bond acceptors (Lipinski definition) is 4. The van der Waals surface area contributed by atoms with E-state index in [0.717, 1.165) is 34.6 Å². The van der Waals surface area contributed by atoms with Crippen LogP contribution in [-0.4, -0.2) is 27.7 Å². The van der Waals surface area contributed by atoms with Crippen LogP contribution in [0.2, 0.25) is 0 Å². The number of aromatic nitrogens is 2. The van der Waals surface area contributed by atoms with Gasteiger partial charge in [0.25, 0.3) is 0 Å². The second-order valence-corrected chi connectivity index (χ2v) is 5.69. The summed E-state index contributed by atoms with van der Waals surface area (Å²) < 4.78 is 0. The fourth-order valence-corrected chi connectivity index (χ4v) is 2.78. The van der Waals surface area contributed by atoms with Gasteiger partial charge in [0.1, 0.15) is 10.9 Å². The van der Waals surface area contributed by atoms with Gasteiger partial charge in [-0.1, -0.05) is 30.0 Å². The molecule has 1 N–H and O–H groups in total. The zero-order chi connectivity index (χ0) is 13.2. The molecule has 1 aromatic carbocycles. The van der Waals surface area contributed by atoms with Crippen LogP contribution in [-0.2, 0) is 4.79 Å². The molecule has 0 saturated heterocycles. The Morgan fingerprint density at radius 2 is 2.16 bits per heavy atom. The van der Waals surface area contributed by atoms with E-state index in [-0.39, 0.29) is 5.91 Å². The molecule has 0 bridgehead atoms. The lowest BCUT2D eigenvalue weighted by molar-refractivity contribution is -0.118. The molecule has 5 heteroatoms. The highest BCUT2D eigenvalue weighted by Crippen LogP contribution is 2.25. The summed E-state index contributed by atoms with van der Waals surface area (Å²) in [4.78, 5) is 20.5. The maximum Gasteiger partial charge on any atom is 0.230 e. The van der Waals surface area contributed by atoms with Gasteiger partial charge >= 0.3 is 0 Å². The molecule has 1 amide bonds. The quantitative estimate of drug-likeness (QED) is 0.686. The predicted octanol–water partition coefficient (Wildman–Crippen LogP) is 2.31. The first-order valence-electron chi connectivity index (χ1n) is 6.38. The molecule has 0 spiro atoms. The van der Waals surface area contributed by atoms with Gasteiger partial charge in [0, 0.05) is 11.4 Å². The number of benzene rings is 1. The van der Waals surface area contributed by atoms with Crippen molar-refractivity contribution < 1.29 is 4.79 Å². The zero-order valence-electron chi connectivity index (χ0n) is 10.7. The lowest BCUT2D eigenvalue weighted by atomic mass is 10.2. The van der Waals surface area contributed by atoms with Crippen molar-refractivity contribution >= 4 is 28.6 Å². The molecule has 2 aromatic rings. The highest BCUT2D eigenvalue weighted by Gasteiger charge is 2.23. The van der Waals surface area contributed by atoms with Crippen LogP contribution in [0.15, 0.2) is 29.3 Å². The molecule has 0 aliphatic heterocycles. The van der Waals surface area contributed by atoms with Crippen molar-refractivity contribution in [2.24, 2.45) is 0 Å². The molecular formula is C14H15N3OS. The van der Waals surface area contributed by atoms with Crippen LogP contribution >= 0.6 is 11.8 Å². The standard InChI is InChI=1S/C14H15N3OS/c1-9-15-12-5-3-2-4-11(12)14(16-9)19-8-13(18)17-10-6-7-10/h2-5,10H,6-8H2,1H3,(H,17,18). The van der Waals surface area contributed by atoms with Crippen molar-refractivity contribution in [3.05, 3.63) is 30.1 Å². The highest BCUT2D eigenvalue weighted by molar-refractivity contribution is 8.00. The van der Waals surface area contributed by atoms with Crippen molar-refractivity contribution in [1.82, 2.24) is 15.3 Å². The Morgan fingerprint density at radius 3 is 2.95 bits per heavy atom. The van der Waals surface area contributed by atoms with Gasteiger partial charge in [0.15, 0.2) is 0 Å². The smallest absolute Gasteiger partial charge is 0.230 e. The molecule has 0 atom stereocenters. The van der Waals surface area contributed by atoms with Gasteiger partial charge in [-0.05, 0) is 25.8 Å². The summed E-state index contributed by atoms with van der Waals surface area (Å²) in [7, 11) is 0. The minimum absolute atomic E-state index is 0.0906. The average Bonchev–Trinajstić information content (AvgIpc) is 3.19. The van der Waals surface area contributed by atoms with Crippen molar-refractivity contribution in [2.75, 3.05) is 5.75 Å². The second-order valence-electron chi connectivity index (χ2n) is 4.72. The number of aryl methyl sites for hydroxylation is 1. The summed E-state index contributed by atoms with van der Waals surface area (Å²) in [5.74, 6) is 1.24. The van der Waals surface area contributed by atoms with E-state index in [2.05, 4.69) is 15.3 Å². The molecule has 98 valence electrons. The fraction of sp³-hybridized carbons (Fsp3) is 0.357. The van der Waals surface area contributed by atoms with E-state index in [0.29, 0.717) is 11.8 Å². The van der Waals surface area contributed by atoms with E-state index in [9.17, 15) is 4.79 Å². The molecule has 19 heavy (non-hydrogen) atoms. The number of nitrogens with one attached hydrogen (secondary N) is 1. The Balaban J connectivity index is 1.77. The molecule has 4 nitrogen and oxygen atoms in total. The molecule has 1 saturated carbocycles. The van der Waals surface area contributed by atoms with E-state index >= 15 is 0 Å². The molecule has 1 aromatic heterocycles. The Kier molecular flexibility index (Phi) is 3.38. The zero-order valence-corrected chi connectivity index (χ0v) is 11.5. The number of carbonyl (C=O) groups excluding carboxylic acids is 1. The van der Waals surface area contributed by atoms with E-state index in [1.165, 1.54) is 11.8 Å². The van der Waals surface area contributed by atoms with Crippen molar-refractivity contribution in [3.63, 3.8) is 0 Å². The number of hydrogen-bond donors (Lipinski definition) is 1. The summed E-state index contributed by atoms with van der Waals surface area (Å²) in [6, 6.07) is 8.31. The van der Waals surface area contributed by atoms with Gasteiger partial charge in [-0.2, -0.15) is 0 Å². The molecule has 1 aliphatic rings. The van der Waals surface area contributed by atoms with Gasteiger partial charge in [0.2, 0.25) is 5.91 Å². The van der Waals surface area contributed by atoms with Crippen LogP contribution < -0.4 is 5.32 Å². The number of carbonyl (C=O) groups is 1. The van der Waals surface area contributed by atoms with Crippen molar-refractivity contribution in [3.8, 4) is 0 Å². The number of thioether (sulfide) groups is 1. The molecule has 1 fully saturated rings. The topological polar surface area (TPSA) is 54.9 Å². The minimum Gasteiger partial charge on any atom is -0.353 e. The molecular weight excluding hydrogens is 258 g/mol. The lowest BCUT2D eigenvalue weighted by Crippen LogP contribution is -2.27. The molecule has 3 rings (SSSR count). The van der Waals surface area contributed by atoms with Gasteiger partial charge in [-0.3, -0.25) is 4.79 Å². The fourth-order valence-electron chi connectivity index (χ4n) is 1.90. The molecule has 0 radical (unpaired) electrons. The van der Waals surface area contributed by atoms with Crippen LogP contribution in [0.1, 0.15) is 18.7 Å². The van der Waals surface area contributed by atoms with E-state index in [4.69, 9.17) is 0 Å². The minimum atomic E-state index is 0.0906. The van der Waals surface area contributed by atoms with Crippen LogP contribution in [0.5, 0.6) is 0 Å². The summed E-state index contributed by atoms with van der Waals surface area (Å²) in [5, 5.41) is 4.88. The maximum absolute atomic E-state index is 11.7. The third kappa shape index (κ3) is 3.04. The van der Waals surface area contributed by atoms with Gasteiger partial charge in [0.05, 0.1) is 11.3 Å². The van der Waals surface area contributed by atoms with E-state index in [1.807, 2.05) is 31.2 Å². The largest absolute Gasteiger partial charge is 0.353 e. The van der Waals surface area contributed by atoms with Gasteiger partial charge in [-0.15, -0.1) is 0 Å². The van der Waals surface area contributed by atoms with Gasteiger partial charge < -0.3 is 5.32 Å². The average molecular weight is 273 g/mol. The number of para-hydroxylation sites is 1. The van der Waals surface area contributed by atoms with Gasteiger partial charge in [-0.25, -0.2) is 9.97 Å². The molecule has 0 unspecified atom stereocenters. The van der Waals surface area contributed by atoms with E-state index in [1.54, 1.807) is 0 Å². The Bertz CT molecular complexity index is 625. The third-order valence-corrected chi connectivity index (χ3v) is 3.95. The van der Waals surface area contributed by atoms with Crippen LogP contribution in [0, 0.1) is 6.92 Å². The normalized spacial score (nSPS) is 14.6. The van der Waals surface area contributed by atoms with Crippen molar-refractivity contribution in [1.29, 1.82) is 0 Å². The first-order valence-corrected chi connectivity index (χ1v) is 7.36. The van der Waals surface area contributed by atoms with Crippen LogP contribution in [0.25, 0.3) is 10.9 Å². The predicted molar refractivity (Wildman–Crippen MR) is 76.2 cm³/mol. The van der Waals surface area contributed by atoms with Crippen molar-refractivity contribution in [2.45, 2.75) is 30.8 Å². The number of nitrogens with zero attached hydrogens (tertiary/aromatic N) is 2. The summed E-state index contributed by atoms with van der Waals surface area (Å²) >= 11 is 1.48. The monoisotopic (exact) mass is 273 g/mol. The molecule has 1 heterocycles. The summed E-state index contributed by atoms with van der Waals surface area (Å²) in [6.45, 7) is 1.88. The summed E-state index contributed by atoms with van der Waals surface area (Å²) in [5.41, 5.74) is 0.931. The first kappa shape index (κ1) is 12.4. The number of amides is 1. The number of fused-ring (bicyclic) bond motifs is 1. The number of rotatable bonds is 4. The lowest BCUT2D eigenvalue weighted by Gasteiger charge is -2.06. The maximum atomic E-state index is 11.7. The van der Waals surface area contributed by atoms with Crippen LogP contribution in [0.4, 0.5) is 0 Å².